The first-order chi connectivity index (χ1) is 12.3. The molecular formula is C21H22N2OS. The second kappa shape index (κ2) is 9.14. The molecule has 0 bridgehead atoms. The average molecular weight is 350 g/mol. The van der Waals surface area contributed by atoms with Gasteiger partial charge in [-0.15, -0.1) is 0 Å². The van der Waals surface area contributed by atoms with Gasteiger partial charge in [-0.05, 0) is 58.8 Å². The van der Waals surface area contributed by atoms with Crippen LogP contribution >= 0.6 is 11.3 Å². The SMILES string of the molecule is O=C(CCCCc1ccccc1)NCc1cncc(-c2ccsc2)c1. The molecule has 0 saturated heterocycles. The van der Waals surface area contributed by atoms with Crippen LogP contribution in [-0.4, -0.2) is 10.9 Å². The lowest BCUT2D eigenvalue weighted by Crippen LogP contribution is -2.22. The van der Waals surface area contributed by atoms with Crippen LogP contribution < -0.4 is 5.32 Å². The molecule has 0 aliphatic carbocycles. The number of carbonyl (C=O) groups is 1. The molecule has 0 spiro atoms. The highest BCUT2D eigenvalue weighted by atomic mass is 32.1. The van der Waals surface area contributed by atoms with Crippen molar-refractivity contribution in [2.24, 2.45) is 0 Å². The van der Waals surface area contributed by atoms with E-state index in [0.29, 0.717) is 13.0 Å². The third-order valence-electron chi connectivity index (χ3n) is 4.10. The number of hydrogen-bond acceptors (Lipinski definition) is 3. The van der Waals surface area contributed by atoms with Crippen LogP contribution in [0.15, 0.2) is 65.6 Å². The Hall–Kier alpha value is -2.46. The van der Waals surface area contributed by atoms with Crippen LogP contribution in [0.3, 0.4) is 0 Å². The summed E-state index contributed by atoms with van der Waals surface area (Å²) in [5.74, 6) is 0.106. The third kappa shape index (κ3) is 5.54. The number of nitrogens with one attached hydrogen (secondary N) is 1. The minimum absolute atomic E-state index is 0.106. The zero-order chi connectivity index (χ0) is 17.3. The van der Waals surface area contributed by atoms with Gasteiger partial charge in [-0.3, -0.25) is 9.78 Å². The van der Waals surface area contributed by atoms with Crippen molar-refractivity contribution in [1.29, 1.82) is 0 Å². The molecule has 3 rings (SSSR count). The van der Waals surface area contributed by atoms with Gasteiger partial charge < -0.3 is 5.32 Å². The summed E-state index contributed by atoms with van der Waals surface area (Å²) in [6, 6.07) is 14.6. The van der Waals surface area contributed by atoms with Crippen molar-refractivity contribution in [2.75, 3.05) is 0 Å². The van der Waals surface area contributed by atoms with Gasteiger partial charge >= 0.3 is 0 Å². The Bertz CT molecular complexity index is 785. The van der Waals surface area contributed by atoms with Crippen molar-refractivity contribution >= 4 is 17.2 Å². The van der Waals surface area contributed by atoms with Gasteiger partial charge in [0, 0.05) is 30.9 Å². The maximum atomic E-state index is 12.0. The molecule has 1 amide bonds. The maximum absolute atomic E-state index is 12.0. The second-order valence-electron chi connectivity index (χ2n) is 6.06. The second-order valence-corrected chi connectivity index (χ2v) is 6.84. The summed E-state index contributed by atoms with van der Waals surface area (Å²) in [4.78, 5) is 16.3. The maximum Gasteiger partial charge on any atom is 0.220 e. The van der Waals surface area contributed by atoms with Crippen molar-refractivity contribution in [3.05, 3.63) is 76.7 Å². The number of carbonyl (C=O) groups excluding carboxylic acids is 1. The van der Waals surface area contributed by atoms with E-state index >= 15 is 0 Å². The molecule has 128 valence electrons. The molecule has 3 aromatic rings. The molecule has 0 saturated carbocycles. The van der Waals surface area contributed by atoms with E-state index in [1.165, 1.54) is 11.1 Å². The molecule has 0 fully saturated rings. The Morgan fingerprint density at radius 2 is 1.88 bits per heavy atom. The predicted octanol–water partition coefficient (Wildman–Crippen LogP) is 4.84. The van der Waals surface area contributed by atoms with Crippen LogP contribution in [0.1, 0.15) is 30.4 Å². The molecule has 0 aliphatic heterocycles. The van der Waals surface area contributed by atoms with Gasteiger partial charge in [-0.2, -0.15) is 11.3 Å². The van der Waals surface area contributed by atoms with E-state index in [1.807, 2.05) is 18.5 Å². The summed E-state index contributed by atoms with van der Waals surface area (Å²) < 4.78 is 0. The van der Waals surface area contributed by atoms with Crippen molar-refractivity contribution in [1.82, 2.24) is 10.3 Å². The van der Waals surface area contributed by atoms with E-state index in [1.54, 1.807) is 11.3 Å². The Labute approximate surface area is 152 Å². The number of nitrogens with zero attached hydrogens (tertiary/aromatic N) is 1. The molecule has 0 radical (unpaired) electrons. The fourth-order valence-corrected chi connectivity index (χ4v) is 3.38. The highest BCUT2D eigenvalue weighted by Crippen LogP contribution is 2.21. The number of amides is 1. The third-order valence-corrected chi connectivity index (χ3v) is 4.78. The fraction of sp³-hybridized carbons (Fsp3) is 0.238. The van der Waals surface area contributed by atoms with Crippen molar-refractivity contribution < 1.29 is 4.79 Å². The molecule has 0 aliphatic rings. The monoisotopic (exact) mass is 350 g/mol. The number of hydrogen-bond donors (Lipinski definition) is 1. The Morgan fingerprint density at radius 1 is 1.00 bits per heavy atom. The van der Waals surface area contributed by atoms with Gasteiger partial charge in [0.05, 0.1) is 0 Å². The van der Waals surface area contributed by atoms with E-state index in [4.69, 9.17) is 0 Å². The summed E-state index contributed by atoms with van der Waals surface area (Å²) in [6.07, 6.45) is 7.22. The van der Waals surface area contributed by atoms with E-state index < -0.39 is 0 Å². The van der Waals surface area contributed by atoms with Crippen LogP contribution in [0.4, 0.5) is 0 Å². The summed E-state index contributed by atoms with van der Waals surface area (Å²) in [5, 5.41) is 7.15. The Balaban J connectivity index is 1.39. The molecule has 1 N–H and O–H groups in total. The highest BCUT2D eigenvalue weighted by molar-refractivity contribution is 7.08. The summed E-state index contributed by atoms with van der Waals surface area (Å²) in [6.45, 7) is 0.530. The van der Waals surface area contributed by atoms with Gasteiger partial charge in [0.15, 0.2) is 0 Å². The zero-order valence-electron chi connectivity index (χ0n) is 14.2. The molecule has 0 unspecified atom stereocenters. The topological polar surface area (TPSA) is 42.0 Å². The quantitative estimate of drug-likeness (QED) is 0.591. The Morgan fingerprint density at radius 3 is 2.68 bits per heavy atom. The fourth-order valence-electron chi connectivity index (χ4n) is 2.72. The summed E-state index contributed by atoms with van der Waals surface area (Å²) in [5.41, 5.74) is 4.63. The van der Waals surface area contributed by atoms with Gasteiger partial charge in [0.25, 0.3) is 0 Å². The van der Waals surface area contributed by atoms with Crippen LogP contribution in [-0.2, 0) is 17.8 Å². The molecule has 2 aromatic heterocycles. The first-order valence-corrected chi connectivity index (χ1v) is 9.53. The van der Waals surface area contributed by atoms with E-state index in [9.17, 15) is 4.79 Å². The van der Waals surface area contributed by atoms with E-state index in [-0.39, 0.29) is 5.91 Å². The molecule has 2 heterocycles. The molecule has 25 heavy (non-hydrogen) atoms. The van der Waals surface area contributed by atoms with Gasteiger partial charge in [-0.1, -0.05) is 30.3 Å². The lowest BCUT2D eigenvalue weighted by molar-refractivity contribution is -0.121. The summed E-state index contributed by atoms with van der Waals surface area (Å²) in [7, 11) is 0. The number of aryl methyl sites for hydroxylation is 1. The van der Waals surface area contributed by atoms with Crippen LogP contribution in [0.25, 0.3) is 11.1 Å². The first kappa shape index (κ1) is 17.4. The van der Waals surface area contributed by atoms with E-state index in [2.05, 4.69) is 57.5 Å². The minimum atomic E-state index is 0.106. The van der Waals surface area contributed by atoms with Crippen LogP contribution in [0, 0.1) is 0 Å². The number of unbranched alkanes of at least 4 members (excludes halogenated alkanes) is 1. The largest absolute Gasteiger partial charge is 0.352 e. The lowest BCUT2D eigenvalue weighted by Gasteiger charge is -2.07. The Kier molecular flexibility index (Phi) is 6.35. The van der Waals surface area contributed by atoms with Gasteiger partial charge in [0.1, 0.15) is 0 Å². The van der Waals surface area contributed by atoms with Crippen LogP contribution in [0.2, 0.25) is 0 Å². The number of aromatic nitrogens is 1. The van der Waals surface area contributed by atoms with Crippen LogP contribution in [0.5, 0.6) is 0 Å². The van der Waals surface area contributed by atoms with Gasteiger partial charge in [-0.25, -0.2) is 0 Å². The average Bonchev–Trinajstić information content (AvgIpc) is 3.19. The predicted molar refractivity (Wildman–Crippen MR) is 103 cm³/mol. The van der Waals surface area contributed by atoms with Crippen molar-refractivity contribution in [2.45, 2.75) is 32.2 Å². The normalized spacial score (nSPS) is 10.6. The molecule has 4 heteroatoms. The summed E-state index contributed by atoms with van der Waals surface area (Å²) >= 11 is 1.67. The number of pyridine rings is 1. The molecular weight excluding hydrogens is 328 g/mol. The smallest absolute Gasteiger partial charge is 0.220 e. The zero-order valence-corrected chi connectivity index (χ0v) is 15.0. The minimum Gasteiger partial charge on any atom is -0.352 e. The first-order valence-electron chi connectivity index (χ1n) is 8.58. The lowest BCUT2D eigenvalue weighted by atomic mass is 10.1. The van der Waals surface area contributed by atoms with E-state index in [0.717, 1.165) is 30.4 Å². The molecule has 1 aromatic carbocycles. The number of rotatable bonds is 8. The number of benzene rings is 1. The molecule has 0 atom stereocenters. The highest BCUT2D eigenvalue weighted by Gasteiger charge is 2.04. The van der Waals surface area contributed by atoms with Crippen molar-refractivity contribution in [3.8, 4) is 11.1 Å². The van der Waals surface area contributed by atoms with Gasteiger partial charge in [0.2, 0.25) is 5.91 Å². The standard InChI is InChI=1S/C21H22N2OS/c24-21(9-5-4-8-17-6-2-1-3-7-17)23-14-18-12-20(15-22-13-18)19-10-11-25-16-19/h1-3,6-7,10-13,15-16H,4-5,8-9,14H2,(H,23,24). The molecule has 3 nitrogen and oxygen atoms in total. The van der Waals surface area contributed by atoms with Crippen molar-refractivity contribution in [3.63, 3.8) is 0 Å². The number of thiophene rings is 1.